The Morgan fingerprint density at radius 2 is 2.26 bits per heavy atom. The van der Waals surface area contributed by atoms with Gasteiger partial charge in [0.15, 0.2) is 0 Å². The number of aryl methyl sites for hydroxylation is 1. The SMILES string of the molecule is CC(=O)OCC1CCCc2cc3ccccc3n2C1. The minimum atomic E-state index is -0.179. The summed E-state index contributed by atoms with van der Waals surface area (Å²) in [7, 11) is 0. The van der Waals surface area contributed by atoms with E-state index in [-0.39, 0.29) is 5.97 Å². The number of nitrogens with zero attached hydrogens (tertiary/aromatic N) is 1. The van der Waals surface area contributed by atoms with Crippen LogP contribution in [0.4, 0.5) is 0 Å². The predicted molar refractivity (Wildman–Crippen MR) is 75.0 cm³/mol. The molecule has 1 aromatic heterocycles. The highest BCUT2D eigenvalue weighted by Crippen LogP contribution is 2.27. The number of benzene rings is 1. The Bertz CT molecular complexity index is 600. The van der Waals surface area contributed by atoms with Crippen LogP contribution in [-0.2, 0) is 22.5 Å². The summed E-state index contributed by atoms with van der Waals surface area (Å²) in [5.41, 5.74) is 2.71. The highest BCUT2D eigenvalue weighted by Gasteiger charge is 2.19. The topological polar surface area (TPSA) is 31.2 Å². The van der Waals surface area contributed by atoms with Crippen molar-refractivity contribution in [2.24, 2.45) is 5.92 Å². The van der Waals surface area contributed by atoms with Gasteiger partial charge in [0.05, 0.1) is 6.61 Å². The molecule has 0 fully saturated rings. The Morgan fingerprint density at radius 1 is 1.42 bits per heavy atom. The molecule has 2 aromatic rings. The van der Waals surface area contributed by atoms with Gasteiger partial charge in [0, 0.05) is 30.6 Å². The Morgan fingerprint density at radius 3 is 3.11 bits per heavy atom. The Balaban J connectivity index is 1.88. The maximum Gasteiger partial charge on any atom is 0.302 e. The molecule has 3 rings (SSSR count). The standard InChI is InChI=1S/C16H19NO2/c1-12(18)19-11-13-5-4-7-15-9-14-6-2-3-8-16(14)17(15)10-13/h2-3,6,8-9,13H,4-5,7,10-11H2,1H3. The van der Waals surface area contributed by atoms with Crippen molar-refractivity contribution in [2.45, 2.75) is 32.7 Å². The van der Waals surface area contributed by atoms with E-state index in [1.54, 1.807) is 0 Å². The molecule has 0 radical (unpaired) electrons. The number of rotatable bonds is 2. The summed E-state index contributed by atoms with van der Waals surface area (Å²) >= 11 is 0. The number of fused-ring (bicyclic) bond motifs is 3. The van der Waals surface area contributed by atoms with Gasteiger partial charge in [-0.3, -0.25) is 4.79 Å². The van der Waals surface area contributed by atoms with Crippen LogP contribution in [0.3, 0.4) is 0 Å². The van der Waals surface area contributed by atoms with E-state index >= 15 is 0 Å². The molecule has 0 aliphatic carbocycles. The van der Waals surface area contributed by atoms with Crippen molar-refractivity contribution in [1.82, 2.24) is 4.57 Å². The van der Waals surface area contributed by atoms with Crippen LogP contribution in [0.25, 0.3) is 10.9 Å². The van der Waals surface area contributed by atoms with E-state index in [0.717, 1.165) is 19.4 Å². The molecule has 1 aromatic carbocycles. The van der Waals surface area contributed by atoms with Crippen LogP contribution in [0.15, 0.2) is 30.3 Å². The summed E-state index contributed by atoms with van der Waals surface area (Å²) in [5.74, 6) is 0.253. The van der Waals surface area contributed by atoms with Gasteiger partial charge in [-0.05, 0) is 36.8 Å². The smallest absolute Gasteiger partial charge is 0.302 e. The average Bonchev–Trinajstić information content (AvgIpc) is 2.61. The molecular formula is C16H19NO2. The van der Waals surface area contributed by atoms with Gasteiger partial charge in [-0.2, -0.15) is 0 Å². The molecule has 0 bridgehead atoms. The van der Waals surface area contributed by atoms with E-state index in [9.17, 15) is 4.79 Å². The van der Waals surface area contributed by atoms with Crippen LogP contribution in [0, 0.1) is 5.92 Å². The molecule has 0 saturated carbocycles. The molecule has 1 atom stereocenters. The lowest BCUT2D eigenvalue weighted by molar-refractivity contribution is -0.142. The maximum absolute atomic E-state index is 11.0. The normalized spacial score (nSPS) is 18.9. The van der Waals surface area contributed by atoms with E-state index in [1.165, 1.54) is 29.9 Å². The summed E-state index contributed by atoms with van der Waals surface area (Å²) in [6.07, 6.45) is 3.41. The molecular weight excluding hydrogens is 238 g/mol. The second kappa shape index (κ2) is 5.08. The van der Waals surface area contributed by atoms with Gasteiger partial charge >= 0.3 is 5.97 Å². The van der Waals surface area contributed by atoms with Gasteiger partial charge in [-0.15, -0.1) is 0 Å². The van der Waals surface area contributed by atoms with Gasteiger partial charge in [0.2, 0.25) is 0 Å². The zero-order chi connectivity index (χ0) is 13.2. The molecule has 3 heteroatoms. The first kappa shape index (κ1) is 12.3. The predicted octanol–water partition coefficient (Wildman–Crippen LogP) is 3.16. The minimum Gasteiger partial charge on any atom is -0.466 e. The number of para-hydroxylation sites is 1. The Kier molecular flexibility index (Phi) is 3.28. The van der Waals surface area contributed by atoms with E-state index in [1.807, 2.05) is 0 Å². The third-order valence-corrected chi connectivity index (χ3v) is 3.90. The summed E-state index contributed by atoms with van der Waals surface area (Å²) in [6, 6.07) is 10.8. The first-order chi connectivity index (χ1) is 9.24. The number of hydrogen-bond acceptors (Lipinski definition) is 2. The van der Waals surface area contributed by atoms with Crippen molar-refractivity contribution in [1.29, 1.82) is 0 Å². The molecule has 1 aliphatic rings. The van der Waals surface area contributed by atoms with Crippen molar-refractivity contribution < 1.29 is 9.53 Å². The number of hydrogen-bond donors (Lipinski definition) is 0. The Labute approximate surface area is 113 Å². The van der Waals surface area contributed by atoms with Gasteiger partial charge in [0.1, 0.15) is 0 Å². The molecule has 0 amide bonds. The molecule has 1 unspecified atom stereocenters. The Hall–Kier alpha value is -1.77. The minimum absolute atomic E-state index is 0.179. The van der Waals surface area contributed by atoms with Crippen LogP contribution < -0.4 is 0 Å². The molecule has 1 aliphatic heterocycles. The monoisotopic (exact) mass is 257 g/mol. The molecule has 19 heavy (non-hydrogen) atoms. The zero-order valence-corrected chi connectivity index (χ0v) is 11.3. The molecule has 2 heterocycles. The number of carbonyl (C=O) groups excluding carboxylic acids is 1. The van der Waals surface area contributed by atoms with Crippen LogP contribution in [-0.4, -0.2) is 17.1 Å². The van der Waals surface area contributed by atoms with Crippen molar-refractivity contribution in [2.75, 3.05) is 6.61 Å². The van der Waals surface area contributed by atoms with Crippen LogP contribution >= 0.6 is 0 Å². The molecule has 0 saturated heterocycles. The fourth-order valence-electron chi connectivity index (χ4n) is 2.98. The lowest BCUT2D eigenvalue weighted by Gasteiger charge is -2.16. The largest absolute Gasteiger partial charge is 0.466 e. The first-order valence-corrected chi connectivity index (χ1v) is 6.94. The summed E-state index contributed by atoms with van der Waals surface area (Å²) in [6.45, 7) is 2.98. The number of esters is 1. The maximum atomic E-state index is 11.0. The lowest BCUT2D eigenvalue weighted by atomic mass is 10.0. The summed E-state index contributed by atoms with van der Waals surface area (Å²) in [5, 5.41) is 1.31. The fourth-order valence-corrected chi connectivity index (χ4v) is 2.98. The summed E-state index contributed by atoms with van der Waals surface area (Å²) in [4.78, 5) is 11.0. The number of carbonyl (C=O) groups is 1. The first-order valence-electron chi connectivity index (χ1n) is 6.94. The quantitative estimate of drug-likeness (QED) is 0.774. The van der Waals surface area contributed by atoms with Crippen molar-refractivity contribution in [3.8, 4) is 0 Å². The van der Waals surface area contributed by atoms with E-state index in [4.69, 9.17) is 4.74 Å². The zero-order valence-electron chi connectivity index (χ0n) is 11.3. The number of aromatic nitrogens is 1. The average molecular weight is 257 g/mol. The van der Waals surface area contributed by atoms with Crippen molar-refractivity contribution >= 4 is 16.9 Å². The van der Waals surface area contributed by atoms with E-state index in [2.05, 4.69) is 34.9 Å². The van der Waals surface area contributed by atoms with Crippen LogP contribution in [0.5, 0.6) is 0 Å². The summed E-state index contributed by atoms with van der Waals surface area (Å²) < 4.78 is 7.59. The third kappa shape index (κ3) is 2.50. The second-order valence-electron chi connectivity index (χ2n) is 5.37. The van der Waals surface area contributed by atoms with E-state index in [0.29, 0.717) is 12.5 Å². The highest BCUT2D eigenvalue weighted by atomic mass is 16.5. The molecule has 100 valence electrons. The molecule has 3 nitrogen and oxygen atoms in total. The lowest BCUT2D eigenvalue weighted by Crippen LogP contribution is -2.17. The van der Waals surface area contributed by atoms with E-state index < -0.39 is 0 Å². The second-order valence-corrected chi connectivity index (χ2v) is 5.37. The third-order valence-electron chi connectivity index (χ3n) is 3.90. The van der Waals surface area contributed by atoms with Crippen LogP contribution in [0.1, 0.15) is 25.5 Å². The fraction of sp³-hybridized carbons (Fsp3) is 0.438. The van der Waals surface area contributed by atoms with Gasteiger partial charge in [0.25, 0.3) is 0 Å². The van der Waals surface area contributed by atoms with Gasteiger partial charge in [-0.25, -0.2) is 0 Å². The number of ether oxygens (including phenoxy) is 1. The highest BCUT2D eigenvalue weighted by molar-refractivity contribution is 5.81. The van der Waals surface area contributed by atoms with Gasteiger partial charge in [-0.1, -0.05) is 18.2 Å². The van der Waals surface area contributed by atoms with Crippen molar-refractivity contribution in [3.05, 3.63) is 36.0 Å². The van der Waals surface area contributed by atoms with Gasteiger partial charge < -0.3 is 9.30 Å². The van der Waals surface area contributed by atoms with Crippen LogP contribution in [0.2, 0.25) is 0 Å². The molecule has 0 N–H and O–H groups in total. The molecule has 0 spiro atoms. The van der Waals surface area contributed by atoms with Crippen molar-refractivity contribution in [3.63, 3.8) is 0 Å².